The van der Waals surface area contributed by atoms with Crippen molar-refractivity contribution in [2.24, 2.45) is 40.7 Å². The van der Waals surface area contributed by atoms with Gasteiger partial charge < -0.3 is 21.3 Å². The molecule has 0 aromatic rings. The van der Waals surface area contributed by atoms with Crippen LogP contribution in [0.3, 0.4) is 0 Å². The number of urea groups is 1. The van der Waals surface area contributed by atoms with Gasteiger partial charge in [-0.3, -0.25) is 4.79 Å². The second kappa shape index (κ2) is 7.92. The summed E-state index contributed by atoms with van der Waals surface area (Å²) < 4.78 is 0. The van der Waals surface area contributed by atoms with Crippen LogP contribution in [-0.4, -0.2) is 34.2 Å². The molecule has 0 bridgehead atoms. The van der Waals surface area contributed by atoms with Crippen LogP contribution < -0.4 is 11.1 Å². The lowest BCUT2D eigenvalue weighted by molar-refractivity contribution is -0.149. The molecule has 146 valence electrons. The molecule has 2 rings (SSSR count). The van der Waals surface area contributed by atoms with Crippen molar-refractivity contribution in [3.05, 3.63) is 24.4 Å². The van der Waals surface area contributed by atoms with Crippen molar-refractivity contribution in [3.63, 3.8) is 0 Å². The molecule has 0 radical (unpaired) electrons. The van der Waals surface area contributed by atoms with Crippen LogP contribution in [0.15, 0.2) is 24.4 Å². The van der Waals surface area contributed by atoms with E-state index < -0.39 is 23.7 Å². The van der Waals surface area contributed by atoms with Crippen LogP contribution in [0.4, 0.5) is 4.79 Å². The lowest BCUT2D eigenvalue weighted by atomic mass is 9.49. The maximum Gasteiger partial charge on any atom is 0.316 e. The van der Waals surface area contributed by atoms with Crippen LogP contribution in [0.5, 0.6) is 0 Å². The SMILES string of the molecule is CC[C@@H](C)[C@H]1C=C[C@H]2[C@H](O)[C@H](O)C[C@@H](C)[C@@H]2[C@@]1(C)C(=O)/C=C\NC(N)=O. The van der Waals surface area contributed by atoms with Crippen molar-refractivity contribution < 1.29 is 19.8 Å². The number of primary amides is 1. The van der Waals surface area contributed by atoms with Gasteiger partial charge in [-0.2, -0.15) is 0 Å². The monoisotopic (exact) mass is 364 g/mol. The fourth-order valence-electron chi connectivity index (χ4n) is 5.15. The molecule has 0 unspecified atom stereocenters. The second-order valence-corrected chi connectivity index (χ2v) is 8.16. The highest BCUT2D eigenvalue weighted by molar-refractivity contribution is 5.96. The summed E-state index contributed by atoms with van der Waals surface area (Å²) in [6.07, 6.45) is 6.44. The average Bonchev–Trinajstić information content (AvgIpc) is 2.58. The first-order valence-corrected chi connectivity index (χ1v) is 9.45. The van der Waals surface area contributed by atoms with Gasteiger partial charge in [-0.05, 0) is 36.2 Å². The van der Waals surface area contributed by atoms with E-state index >= 15 is 0 Å². The Balaban J connectivity index is 2.47. The van der Waals surface area contributed by atoms with Crippen molar-refractivity contribution in [1.82, 2.24) is 5.32 Å². The Kier molecular flexibility index (Phi) is 6.29. The Labute approximate surface area is 155 Å². The largest absolute Gasteiger partial charge is 0.390 e. The summed E-state index contributed by atoms with van der Waals surface area (Å²) in [6.45, 7) is 8.23. The summed E-state index contributed by atoms with van der Waals surface area (Å²) in [5.41, 5.74) is 4.33. The summed E-state index contributed by atoms with van der Waals surface area (Å²) in [6, 6.07) is -0.719. The van der Waals surface area contributed by atoms with Crippen molar-refractivity contribution >= 4 is 11.8 Å². The molecule has 2 aliphatic carbocycles. The molecule has 0 heterocycles. The van der Waals surface area contributed by atoms with Crippen molar-refractivity contribution in [2.45, 2.75) is 52.7 Å². The Bertz CT molecular complexity index is 603. The van der Waals surface area contributed by atoms with E-state index in [0.29, 0.717) is 6.42 Å². The van der Waals surface area contributed by atoms with E-state index in [-0.39, 0.29) is 35.4 Å². The van der Waals surface area contributed by atoms with Crippen molar-refractivity contribution in [2.75, 3.05) is 0 Å². The van der Waals surface area contributed by atoms with E-state index in [1.54, 1.807) is 0 Å². The molecule has 0 aromatic heterocycles. The van der Waals surface area contributed by atoms with Gasteiger partial charge in [-0.15, -0.1) is 0 Å². The Hall–Kier alpha value is -1.66. The maximum atomic E-state index is 13.3. The molecular weight excluding hydrogens is 332 g/mol. The summed E-state index contributed by atoms with van der Waals surface area (Å²) in [7, 11) is 0. The van der Waals surface area contributed by atoms with Gasteiger partial charge in [0.2, 0.25) is 0 Å². The highest BCUT2D eigenvalue weighted by Gasteiger charge is 2.57. The van der Waals surface area contributed by atoms with Crippen molar-refractivity contribution in [3.8, 4) is 0 Å². The summed E-state index contributed by atoms with van der Waals surface area (Å²) in [5, 5.41) is 23.0. The minimum absolute atomic E-state index is 0.0179. The van der Waals surface area contributed by atoms with Gasteiger partial charge >= 0.3 is 6.03 Å². The van der Waals surface area contributed by atoms with Gasteiger partial charge in [0, 0.05) is 17.5 Å². The molecule has 1 fully saturated rings. The molecule has 0 spiro atoms. The summed E-state index contributed by atoms with van der Waals surface area (Å²) >= 11 is 0. The van der Waals surface area contributed by atoms with E-state index in [0.717, 1.165) is 6.42 Å². The summed E-state index contributed by atoms with van der Waals surface area (Å²) in [5.74, 6) is -0.0527. The number of amides is 2. The number of nitrogens with one attached hydrogen (secondary N) is 1. The molecule has 0 aromatic carbocycles. The third-order valence-corrected chi connectivity index (χ3v) is 6.60. The molecule has 8 atom stereocenters. The number of nitrogens with two attached hydrogens (primary N) is 1. The van der Waals surface area contributed by atoms with Crippen LogP contribution in [0.2, 0.25) is 0 Å². The van der Waals surface area contributed by atoms with E-state index in [4.69, 9.17) is 5.73 Å². The Morgan fingerprint density at radius 3 is 2.62 bits per heavy atom. The first-order valence-electron chi connectivity index (χ1n) is 9.45. The predicted molar refractivity (Wildman–Crippen MR) is 99.8 cm³/mol. The maximum absolute atomic E-state index is 13.3. The average molecular weight is 364 g/mol. The summed E-state index contributed by atoms with van der Waals surface area (Å²) in [4.78, 5) is 24.2. The van der Waals surface area contributed by atoms with Gasteiger partial charge in [-0.1, -0.05) is 46.3 Å². The quantitative estimate of drug-likeness (QED) is 0.441. The Morgan fingerprint density at radius 1 is 1.38 bits per heavy atom. The lowest BCUT2D eigenvalue weighted by Crippen LogP contribution is -2.57. The predicted octanol–water partition coefficient (Wildman–Crippen LogP) is 1.97. The third-order valence-electron chi connectivity index (χ3n) is 6.60. The molecule has 2 amide bonds. The van der Waals surface area contributed by atoms with Gasteiger partial charge in [0.1, 0.15) is 0 Å². The normalized spacial score (nSPS) is 40.8. The number of allylic oxidation sites excluding steroid dienone is 2. The van der Waals surface area contributed by atoms with Gasteiger partial charge in [0.15, 0.2) is 5.78 Å². The first-order chi connectivity index (χ1) is 12.1. The number of fused-ring (bicyclic) bond motifs is 1. The molecular formula is C20H32N2O4. The van der Waals surface area contributed by atoms with E-state index in [1.807, 2.05) is 26.0 Å². The fourth-order valence-corrected chi connectivity index (χ4v) is 5.15. The molecule has 6 heteroatoms. The van der Waals surface area contributed by atoms with Gasteiger partial charge in [0.25, 0.3) is 0 Å². The van der Waals surface area contributed by atoms with Crippen LogP contribution in [0.25, 0.3) is 0 Å². The van der Waals surface area contributed by atoms with Gasteiger partial charge in [0.05, 0.1) is 12.2 Å². The van der Waals surface area contributed by atoms with E-state index in [9.17, 15) is 19.8 Å². The zero-order chi connectivity index (χ0) is 19.6. The second-order valence-electron chi connectivity index (χ2n) is 8.16. The molecule has 6 nitrogen and oxygen atoms in total. The van der Waals surface area contributed by atoms with Crippen LogP contribution in [0.1, 0.15) is 40.5 Å². The van der Waals surface area contributed by atoms with E-state index in [2.05, 4.69) is 19.2 Å². The molecule has 0 aliphatic heterocycles. The molecule has 0 saturated heterocycles. The molecule has 2 aliphatic rings. The van der Waals surface area contributed by atoms with Crippen LogP contribution in [0, 0.1) is 35.0 Å². The highest BCUT2D eigenvalue weighted by atomic mass is 16.3. The van der Waals surface area contributed by atoms with Crippen molar-refractivity contribution in [1.29, 1.82) is 0 Å². The number of carbonyl (C=O) groups excluding carboxylic acids is 2. The highest BCUT2D eigenvalue weighted by Crippen LogP contribution is 2.55. The number of carbonyl (C=O) groups is 2. The standard InChI is InChI=1S/C20H32N2O4/c1-5-11(2)14-7-6-13-17(12(3)10-15(23)18(13)25)20(14,4)16(24)8-9-22-19(21)26/h6-9,11-15,17-18,23,25H,5,10H2,1-4H3,(H3,21,22,26)/b9-8-/t11-,12-,13-,14-,15-,17+,18+,20-/m1/s1. The number of aliphatic hydroxyl groups excluding tert-OH is 2. The van der Waals surface area contributed by atoms with Crippen LogP contribution in [-0.2, 0) is 4.79 Å². The van der Waals surface area contributed by atoms with Crippen LogP contribution >= 0.6 is 0 Å². The van der Waals surface area contributed by atoms with Gasteiger partial charge in [-0.25, -0.2) is 4.79 Å². The minimum atomic E-state index is -0.870. The Morgan fingerprint density at radius 2 is 2.04 bits per heavy atom. The number of rotatable bonds is 5. The third kappa shape index (κ3) is 3.58. The zero-order valence-electron chi connectivity index (χ0n) is 16.1. The zero-order valence-corrected chi connectivity index (χ0v) is 16.1. The molecule has 1 saturated carbocycles. The topological polar surface area (TPSA) is 113 Å². The number of ketones is 1. The number of aliphatic hydroxyl groups is 2. The first kappa shape index (κ1) is 20.6. The smallest absolute Gasteiger partial charge is 0.316 e. The molecule has 5 N–H and O–H groups in total. The fraction of sp³-hybridized carbons (Fsp3) is 0.700. The van der Waals surface area contributed by atoms with E-state index in [1.165, 1.54) is 12.3 Å². The minimum Gasteiger partial charge on any atom is -0.390 e. The number of hydrogen-bond donors (Lipinski definition) is 4. The lowest BCUT2D eigenvalue weighted by Gasteiger charge is -2.55. The number of hydrogen-bond acceptors (Lipinski definition) is 4. The molecule has 26 heavy (non-hydrogen) atoms.